The van der Waals surface area contributed by atoms with E-state index in [0.717, 1.165) is 20.3 Å². The molecule has 0 spiro atoms. The molecule has 3 rings (SSSR count). The first-order chi connectivity index (χ1) is 14.3. The largest absolute Gasteiger partial charge is 0.272 e. The monoisotopic (exact) mass is 461 g/mol. The van der Waals surface area contributed by atoms with Gasteiger partial charge in [0.2, 0.25) is 10.0 Å². The van der Waals surface area contributed by atoms with Crippen LogP contribution in [0.4, 0.5) is 0 Å². The Morgan fingerprint density at radius 1 is 1.17 bits per heavy atom. The number of nitrogens with zero attached hydrogens (tertiary/aromatic N) is 2. The molecule has 0 saturated heterocycles. The van der Waals surface area contributed by atoms with Crippen LogP contribution in [0.1, 0.15) is 16.0 Å². The van der Waals surface area contributed by atoms with Crippen LogP contribution in [0.2, 0.25) is 5.02 Å². The van der Waals surface area contributed by atoms with Crippen LogP contribution in [0.15, 0.2) is 76.0 Å². The Morgan fingerprint density at radius 3 is 2.60 bits per heavy atom. The minimum absolute atomic E-state index is 0.0503. The van der Waals surface area contributed by atoms with E-state index in [4.69, 9.17) is 11.6 Å². The second kappa shape index (κ2) is 9.99. The van der Waals surface area contributed by atoms with Gasteiger partial charge in [0.25, 0.3) is 5.91 Å². The van der Waals surface area contributed by atoms with E-state index in [0.29, 0.717) is 5.02 Å². The number of carbonyl (C=O) groups excluding carboxylic acids is 1. The number of sulfonamides is 1. The smallest absolute Gasteiger partial charge is 0.255 e. The molecule has 0 unspecified atom stereocenters. The maximum Gasteiger partial charge on any atom is 0.255 e. The van der Waals surface area contributed by atoms with Gasteiger partial charge >= 0.3 is 0 Å². The third kappa shape index (κ3) is 5.99. The average molecular weight is 462 g/mol. The van der Waals surface area contributed by atoms with E-state index in [1.165, 1.54) is 41.8 Å². The Hall–Kier alpha value is -2.52. The molecule has 0 aliphatic rings. The zero-order valence-electron chi connectivity index (χ0n) is 16.2. The Kier molecular flexibility index (Phi) is 7.38. The van der Waals surface area contributed by atoms with Gasteiger partial charge in [0.05, 0.1) is 17.7 Å². The lowest BCUT2D eigenvalue weighted by molar-refractivity contribution is -0.121. The number of hydrogen-bond acceptors (Lipinski definition) is 5. The molecule has 1 amide bonds. The molecule has 0 saturated carbocycles. The SMILES string of the molecule is Cc1cccc(CN(CC(=O)N/N=C\c2cccs2)S(=O)(=O)c2ccc(Cl)cc2)c1. The van der Waals surface area contributed by atoms with Gasteiger partial charge in [-0.1, -0.05) is 47.5 Å². The van der Waals surface area contributed by atoms with Crippen molar-refractivity contribution in [2.45, 2.75) is 18.4 Å². The summed E-state index contributed by atoms with van der Waals surface area (Å²) in [4.78, 5) is 13.4. The lowest BCUT2D eigenvalue weighted by Crippen LogP contribution is -2.39. The summed E-state index contributed by atoms with van der Waals surface area (Å²) < 4.78 is 27.5. The Morgan fingerprint density at radius 2 is 1.93 bits per heavy atom. The first-order valence-corrected chi connectivity index (χ1v) is 11.7. The zero-order chi connectivity index (χ0) is 21.6. The van der Waals surface area contributed by atoms with Crippen LogP contribution in [-0.2, 0) is 21.4 Å². The third-order valence-electron chi connectivity index (χ3n) is 4.14. The number of carbonyl (C=O) groups is 1. The maximum atomic E-state index is 13.2. The lowest BCUT2D eigenvalue weighted by atomic mass is 10.1. The third-order valence-corrected chi connectivity index (χ3v) is 7.00. The highest BCUT2D eigenvalue weighted by atomic mass is 35.5. The second-order valence-electron chi connectivity index (χ2n) is 6.52. The van der Waals surface area contributed by atoms with E-state index in [9.17, 15) is 13.2 Å². The predicted octanol–water partition coefficient (Wildman–Crippen LogP) is 4.05. The molecular weight excluding hydrogens is 442 g/mol. The zero-order valence-corrected chi connectivity index (χ0v) is 18.5. The van der Waals surface area contributed by atoms with E-state index in [2.05, 4.69) is 10.5 Å². The van der Waals surface area contributed by atoms with Crippen LogP contribution in [0.5, 0.6) is 0 Å². The molecule has 30 heavy (non-hydrogen) atoms. The van der Waals surface area contributed by atoms with Crippen LogP contribution in [0.3, 0.4) is 0 Å². The fraction of sp³-hybridized carbons (Fsp3) is 0.143. The van der Waals surface area contributed by atoms with Crippen molar-refractivity contribution in [3.63, 3.8) is 0 Å². The van der Waals surface area contributed by atoms with Gasteiger partial charge in [-0.15, -0.1) is 11.3 Å². The number of amides is 1. The van der Waals surface area contributed by atoms with E-state index in [-0.39, 0.29) is 18.0 Å². The quantitative estimate of drug-likeness (QED) is 0.406. The number of nitrogens with one attached hydrogen (secondary N) is 1. The molecule has 1 heterocycles. The Labute approximate surface area is 184 Å². The van der Waals surface area contributed by atoms with Gasteiger partial charge in [-0.2, -0.15) is 9.41 Å². The molecule has 0 radical (unpaired) electrons. The number of aryl methyl sites for hydroxylation is 1. The fourth-order valence-electron chi connectivity index (χ4n) is 2.72. The van der Waals surface area contributed by atoms with Crippen LogP contribution in [-0.4, -0.2) is 31.4 Å². The van der Waals surface area contributed by atoms with Crippen molar-refractivity contribution in [1.82, 2.24) is 9.73 Å². The first kappa shape index (κ1) is 22.2. The minimum atomic E-state index is -3.93. The molecule has 6 nitrogen and oxygen atoms in total. The molecule has 0 aliphatic heterocycles. The van der Waals surface area contributed by atoms with Crippen LogP contribution >= 0.6 is 22.9 Å². The molecule has 0 aliphatic carbocycles. The summed E-state index contributed by atoms with van der Waals surface area (Å²) in [5, 5.41) is 6.23. The number of thiophene rings is 1. The van der Waals surface area contributed by atoms with Gasteiger partial charge in [-0.05, 0) is 48.2 Å². The number of hydrazone groups is 1. The number of halogens is 1. The summed E-state index contributed by atoms with van der Waals surface area (Å²) in [7, 11) is -3.93. The second-order valence-corrected chi connectivity index (χ2v) is 9.88. The molecule has 0 atom stereocenters. The van der Waals surface area contributed by atoms with Gasteiger partial charge in [0, 0.05) is 16.4 Å². The summed E-state index contributed by atoms with van der Waals surface area (Å²) in [6.45, 7) is 1.60. The predicted molar refractivity (Wildman–Crippen MR) is 120 cm³/mol. The Bertz CT molecular complexity index is 1130. The molecule has 1 aromatic heterocycles. The fourth-order valence-corrected chi connectivity index (χ4v) is 4.82. The van der Waals surface area contributed by atoms with Crippen molar-refractivity contribution in [2.75, 3.05) is 6.54 Å². The van der Waals surface area contributed by atoms with Crippen LogP contribution in [0.25, 0.3) is 0 Å². The van der Waals surface area contributed by atoms with Crippen molar-refractivity contribution in [3.05, 3.63) is 87.1 Å². The van der Waals surface area contributed by atoms with Gasteiger partial charge in [-0.25, -0.2) is 13.8 Å². The highest BCUT2D eigenvalue weighted by molar-refractivity contribution is 7.89. The molecular formula is C21H20ClN3O3S2. The number of hydrogen-bond donors (Lipinski definition) is 1. The maximum absolute atomic E-state index is 13.2. The van der Waals surface area contributed by atoms with Crippen molar-refractivity contribution in [3.8, 4) is 0 Å². The highest BCUT2D eigenvalue weighted by Crippen LogP contribution is 2.21. The Balaban J connectivity index is 1.81. The normalized spacial score (nSPS) is 11.8. The number of benzene rings is 2. The van der Waals surface area contributed by atoms with E-state index < -0.39 is 15.9 Å². The van der Waals surface area contributed by atoms with Gasteiger partial charge in [0.15, 0.2) is 0 Å². The summed E-state index contributed by atoms with van der Waals surface area (Å²) in [5.74, 6) is -0.534. The molecule has 156 valence electrons. The van der Waals surface area contributed by atoms with E-state index in [1.54, 1.807) is 0 Å². The van der Waals surface area contributed by atoms with Crippen molar-refractivity contribution in [1.29, 1.82) is 0 Å². The summed E-state index contributed by atoms with van der Waals surface area (Å²) in [5.41, 5.74) is 4.17. The molecule has 3 aromatic rings. The van der Waals surface area contributed by atoms with Crippen molar-refractivity contribution in [2.24, 2.45) is 5.10 Å². The molecule has 9 heteroatoms. The summed E-state index contributed by atoms with van der Waals surface area (Å²) >= 11 is 7.36. The average Bonchev–Trinajstić information content (AvgIpc) is 3.21. The summed E-state index contributed by atoms with van der Waals surface area (Å²) in [6, 6.07) is 17.1. The van der Waals surface area contributed by atoms with Crippen molar-refractivity contribution >= 4 is 45.1 Å². The van der Waals surface area contributed by atoms with Gasteiger partial charge < -0.3 is 0 Å². The minimum Gasteiger partial charge on any atom is -0.272 e. The number of rotatable bonds is 8. The molecule has 1 N–H and O–H groups in total. The molecule has 0 bridgehead atoms. The van der Waals surface area contributed by atoms with Gasteiger partial charge in [-0.3, -0.25) is 4.79 Å². The van der Waals surface area contributed by atoms with Gasteiger partial charge in [0.1, 0.15) is 0 Å². The summed E-state index contributed by atoms with van der Waals surface area (Å²) in [6.07, 6.45) is 1.52. The highest BCUT2D eigenvalue weighted by Gasteiger charge is 2.27. The molecule has 2 aromatic carbocycles. The lowest BCUT2D eigenvalue weighted by Gasteiger charge is -2.21. The van der Waals surface area contributed by atoms with E-state index >= 15 is 0 Å². The van der Waals surface area contributed by atoms with Crippen molar-refractivity contribution < 1.29 is 13.2 Å². The molecule has 0 fully saturated rings. The standard InChI is InChI=1S/C21H20ClN3O3S2/c1-16-4-2-5-17(12-16)14-25(30(27,28)20-9-7-18(22)8-10-20)15-21(26)24-23-13-19-6-3-11-29-19/h2-13H,14-15H2,1H3,(H,24,26)/b23-13-. The van der Waals surface area contributed by atoms with Crippen LogP contribution < -0.4 is 5.43 Å². The first-order valence-electron chi connectivity index (χ1n) is 9.01. The topological polar surface area (TPSA) is 78.8 Å². The van der Waals surface area contributed by atoms with Crippen LogP contribution in [0, 0.1) is 6.92 Å². The van der Waals surface area contributed by atoms with E-state index in [1.807, 2.05) is 48.7 Å².